The van der Waals surface area contributed by atoms with Crippen molar-refractivity contribution in [1.82, 2.24) is 5.32 Å². The molecule has 150 valence electrons. The third kappa shape index (κ3) is 3.40. The van der Waals surface area contributed by atoms with E-state index in [2.05, 4.69) is 5.32 Å². The minimum atomic E-state index is -0.938. The first-order chi connectivity index (χ1) is 14.7. The molecule has 1 aliphatic heterocycles. The summed E-state index contributed by atoms with van der Waals surface area (Å²) in [4.78, 5) is 13.1. The van der Waals surface area contributed by atoms with Crippen LogP contribution in [0.5, 0.6) is 11.5 Å². The second-order valence-corrected chi connectivity index (χ2v) is 7.87. The van der Waals surface area contributed by atoms with Crippen molar-refractivity contribution in [1.29, 1.82) is 0 Å². The maximum Gasteiger partial charge on any atom is 0.232 e. The van der Waals surface area contributed by atoms with E-state index in [1.165, 1.54) is 0 Å². The van der Waals surface area contributed by atoms with Crippen LogP contribution in [0.1, 0.15) is 28.9 Å². The van der Waals surface area contributed by atoms with Crippen molar-refractivity contribution in [2.24, 2.45) is 0 Å². The Kier molecular flexibility index (Phi) is 4.86. The molecule has 1 unspecified atom stereocenters. The number of hydrogen-bond acceptors (Lipinski definition) is 5. The third-order valence-corrected chi connectivity index (χ3v) is 5.86. The fourth-order valence-corrected chi connectivity index (χ4v) is 4.33. The number of hydrogen-bond donors (Lipinski definition) is 2. The SMILES string of the molecule is O=C(NCC(O)c1ccc(-c2ccsc2)o1)C1c2ccccc2Oc2ccccc21. The smallest absolute Gasteiger partial charge is 0.232 e. The average molecular weight is 417 g/mol. The molecular formula is C24H19NO4S. The number of furan rings is 1. The van der Waals surface area contributed by atoms with E-state index in [-0.39, 0.29) is 12.5 Å². The Hall–Kier alpha value is -3.35. The Labute approximate surface area is 177 Å². The van der Waals surface area contributed by atoms with Crippen molar-refractivity contribution in [2.75, 3.05) is 6.54 Å². The molecule has 1 aliphatic rings. The summed E-state index contributed by atoms with van der Waals surface area (Å²) in [6.07, 6.45) is -0.938. The third-order valence-electron chi connectivity index (χ3n) is 5.17. The predicted octanol–water partition coefficient (Wildman–Crippen LogP) is 5.10. The number of aliphatic hydroxyl groups is 1. The standard InChI is InChI=1S/C24H19NO4S/c26-18(22-10-9-19(28-22)15-11-12-30-14-15)13-25-24(27)23-16-5-1-3-7-20(16)29-21-8-4-2-6-17(21)23/h1-12,14,18,23,26H,13H2,(H,25,27). The van der Waals surface area contributed by atoms with E-state index in [0.29, 0.717) is 23.0 Å². The van der Waals surface area contributed by atoms with Crippen LogP contribution in [0.25, 0.3) is 11.3 Å². The molecule has 0 bridgehead atoms. The van der Waals surface area contributed by atoms with Gasteiger partial charge in [0, 0.05) is 22.1 Å². The average Bonchev–Trinajstić information content (AvgIpc) is 3.47. The summed E-state index contributed by atoms with van der Waals surface area (Å²) in [5.74, 6) is 1.76. The van der Waals surface area contributed by atoms with Crippen molar-refractivity contribution < 1.29 is 19.1 Å². The van der Waals surface area contributed by atoms with Crippen LogP contribution in [0.3, 0.4) is 0 Å². The summed E-state index contributed by atoms with van der Waals surface area (Å²) in [7, 11) is 0. The Bertz CT molecular complexity index is 1140. The predicted molar refractivity (Wildman–Crippen MR) is 115 cm³/mol. The lowest BCUT2D eigenvalue weighted by Gasteiger charge is -2.27. The van der Waals surface area contributed by atoms with Gasteiger partial charge in [-0.15, -0.1) is 0 Å². The van der Waals surface area contributed by atoms with Gasteiger partial charge in [-0.25, -0.2) is 0 Å². The Morgan fingerprint density at radius 2 is 1.70 bits per heavy atom. The summed E-state index contributed by atoms with van der Waals surface area (Å²) in [5, 5.41) is 17.4. The lowest BCUT2D eigenvalue weighted by atomic mass is 9.87. The molecule has 1 atom stereocenters. The van der Waals surface area contributed by atoms with E-state index in [9.17, 15) is 9.90 Å². The molecule has 0 aliphatic carbocycles. The molecule has 5 nitrogen and oxygen atoms in total. The number of nitrogens with one attached hydrogen (secondary N) is 1. The van der Waals surface area contributed by atoms with Crippen molar-refractivity contribution in [3.05, 3.63) is 94.4 Å². The van der Waals surface area contributed by atoms with Gasteiger partial charge in [0.05, 0.1) is 12.5 Å². The number of aliphatic hydroxyl groups excluding tert-OH is 1. The van der Waals surface area contributed by atoms with Gasteiger partial charge in [-0.3, -0.25) is 4.79 Å². The molecule has 0 radical (unpaired) electrons. The highest BCUT2D eigenvalue weighted by atomic mass is 32.1. The summed E-state index contributed by atoms with van der Waals surface area (Å²) in [6, 6.07) is 20.6. The van der Waals surface area contributed by atoms with Gasteiger partial charge in [-0.2, -0.15) is 11.3 Å². The van der Waals surface area contributed by atoms with E-state index in [1.807, 2.05) is 71.4 Å². The van der Waals surface area contributed by atoms with Crippen LogP contribution in [0.4, 0.5) is 0 Å². The lowest BCUT2D eigenvalue weighted by molar-refractivity contribution is -0.122. The molecule has 4 aromatic rings. The van der Waals surface area contributed by atoms with Gasteiger partial charge in [0.1, 0.15) is 29.1 Å². The van der Waals surface area contributed by atoms with Crippen LogP contribution in [0.15, 0.2) is 81.9 Å². The fourth-order valence-electron chi connectivity index (χ4n) is 3.68. The van der Waals surface area contributed by atoms with Crippen LogP contribution in [0.2, 0.25) is 0 Å². The lowest BCUT2D eigenvalue weighted by Crippen LogP contribution is -2.34. The molecule has 3 heterocycles. The molecule has 2 N–H and O–H groups in total. The minimum absolute atomic E-state index is 0.0527. The molecule has 0 fully saturated rings. The van der Waals surface area contributed by atoms with Crippen molar-refractivity contribution in [3.8, 4) is 22.8 Å². The van der Waals surface area contributed by atoms with E-state index in [4.69, 9.17) is 9.15 Å². The number of rotatable bonds is 5. The maximum absolute atomic E-state index is 13.1. The Balaban J connectivity index is 1.34. The van der Waals surface area contributed by atoms with Gasteiger partial charge in [0.15, 0.2) is 0 Å². The first-order valence-corrected chi connectivity index (χ1v) is 10.6. The zero-order valence-corrected chi connectivity index (χ0v) is 16.8. The maximum atomic E-state index is 13.1. The normalized spacial score (nSPS) is 13.8. The monoisotopic (exact) mass is 417 g/mol. The van der Waals surface area contributed by atoms with Crippen molar-refractivity contribution in [2.45, 2.75) is 12.0 Å². The molecule has 0 saturated carbocycles. The summed E-state index contributed by atoms with van der Waals surface area (Å²) >= 11 is 1.58. The van der Waals surface area contributed by atoms with Gasteiger partial charge in [0.25, 0.3) is 0 Å². The number of ether oxygens (including phenoxy) is 1. The van der Waals surface area contributed by atoms with Crippen LogP contribution >= 0.6 is 11.3 Å². The number of carbonyl (C=O) groups is 1. The molecule has 5 rings (SSSR count). The van der Waals surface area contributed by atoms with Gasteiger partial charge < -0.3 is 19.6 Å². The van der Waals surface area contributed by atoms with Gasteiger partial charge in [-0.1, -0.05) is 36.4 Å². The van der Waals surface area contributed by atoms with E-state index < -0.39 is 12.0 Å². The molecule has 6 heteroatoms. The number of benzene rings is 2. The van der Waals surface area contributed by atoms with E-state index in [1.54, 1.807) is 17.4 Å². The van der Waals surface area contributed by atoms with Crippen LogP contribution in [-0.2, 0) is 4.79 Å². The number of fused-ring (bicyclic) bond motifs is 2. The first kappa shape index (κ1) is 18.7. The molecule has 0 spiro atoms. The first-order valence-electron chi connectivity index (χ1n) is 9.64. The minimum Gasteiger partial charge on any atom is -0.458 e. The molecule has 30 heavy (non-hydrogen) atoms. The summed E-state index contributed by atoms with van der Waals surface area (Å²) in [6.45, 7) is 0.0527. The van der Waals surface area contributed by atoms with Crippen molar-refractivity contribution >= 4 is 17.2 Å². The number of thiophene rings is 1. The van der Waals surface area contributed by atoms with E-state index >= 15 is 0 Å². The topological polar surface area (TPSA) is 71.7 Å². The second-order valence-electron chi connectivity index (χ2n) is 7.09. The summed E-state index contributed by atoms with van der Waals surface area (Å²) in [5.41, 5.74) is 2.58. The Morgan fingerprint density at radius 1 is 1.00 bits per heavy atom. The molecule has 0 saturated heterocycles. The van der Waals surface area contributed by atoms with Crippen LogP contribution < -0.4 is 10.1 Å². The second kappa shape index (κ2) is 7.82. The van der Waals surface area contributed by atoms with E-state index in [0.717, 1.165) is 16.7 Å². The quantitative estimate of drug-likeness (QED) is 0.474. The number of amides is 1. The summed E-state index contributed by atoms with van der Waals surface area (Å²) < 4.78 is 11.7. The molecular weight excluding hydrogens is 398 g/mol. The Morgan fingerprint density at radius 3 is 2.37 bits per heavy atom. The highest BCUT2D eigenvalue weighted by Crippen LogP contribution is 2.43. The van der Waals surface area contributed by atoms with Gasteiger partial charge >= 0.3 is 0 Å². The fraction of sp³-hybridized carbons (Fsp3) is 0.125. The van der Waals surface area contributed by atoms with Gasteiger partial charge in [-0.05, 0) is 35.7 Å². The molecule has 1 amide bonds. The highest BCUT2D eigenvalue weighted by molar-refractivity contribution is 7.08. The highest BCUT2D eigenvalue weighted by Gasteiger charge is 2.32. The van der Waals surface area contributed by atoms with Crippen molar-refractivity contribution in [3.63, 3.8) is 0 Å². The number of para-hydroxylation sites is 2. The van der Waals surface area contributed by atoms with Crippen LogP contribution in [0, 0.1) is 0 Å². The van der Waals surface area contributed by atoms with Crippen LogP contribution in [-0.4, -0.2) is 17.6 Å². The molecule has 2 aromatic heterocycles. The number of carbonyl (C=O) groups excluding carboxylic acids is 1. The zero-order valence-electron chi connectivity index (χ0n) is 15.9. The molecule has 2 aromatic carbocycles. The van der Waals surface area contributed by atoms with Gasteiger partial charge in [0.2, 0.25) is 5.91 Å². The zero-order chi connectivity index (χ0) is 20.5. The largest absolute Gasteiger partial charge is 0.458 e.